The number of anilines is 2. The number of nitro groups is 1. The molecular weight excluding hydrogens is 465 g/mol. The van der Waals surface area contributed by atoms with Gasteiger partial charge in [0.2, 0.25) is 5.75 Å². The number of nitrogens with zero attached hydrogens (tertiary/aromatic N) is 1. The average molecular weight is 487 g/mol. The summed E-state index contributed by atoms with van der Waals surface area (Å²) in [5.41, 5.74) is 2.05. The van der Waals surface area contributed by atoms with Crippen molar-refractivity contribution in [3.05, 3.63) is 118 Å². The molecule has 0 radical (unpaired) electrons. The first-order valence-electron chi connectivity index (χ1n) is 10.9. The molecule has 0 aromatic heterocycles. The molecule has 0 heterocycles. The van der Waals surface area contributed by atoms with Crippen LogP contribution in [0.2, 0.25) is 0 Å². The lowest BCUT2D eigenvalue weighted by Crippen LogP contribution is -2.20. The van der Waals surface area contributed by atoms with Crippen LogP contribution in [0.5, 0.6) is 17.2 Å². The minimum atomic E-state index is -0.594. The molecule has 2 N–H and O–H groups in total. The quantitative estimate of drug-likeness (QED) is 0.205. The Morgan fingerprint density at radius 2 is 1.64 bits per heavy atom. The number of benzene rings is 4. The molecule has 182 valence electrons. The lowest BCUT2D eigenvalue weighted by Gasteiger charge is -2.11. The van der Waals surface area contributed by atoms with Crippen LogP contribution < -0.4 is 20.1 Å². The molecule has 0 aliphatic heterocycles. The maximum absolute atomic E-state index is 13.9. The standard InChI is InChI=1S/C27H22FN3O5/c1-18-7-13-23(28)24(15-18)30-27(32)29-20-8-10-21(11-9-20)36-22-12-14-25(31(33)34)26(16-22)35-17-19-5-3-2-4-6-19/h2-16H,17H2,1H3,(H2,29,30,32). The molecule has 0 atom stereocenters. The predicted molar refractivity (Wildman–Crippen MR) is 134 cm³/mol. The zero-order valence-corrected chi connectivity index (χ0v) is 19.2. The van der Waals surface area contributed by atoms with Gasteiger partial charge in [0.05, 0.1) is 10.6 Å². The third-order valence-electron chi connectivity index (χ3n) is 5.08. The van der Waals surface area contributed by atoms with Gasteiger partial charge in [0.1, 0.15) is 23.9 Å². The van der Waals surface area contributed by atoms with Gasteiger partial charge in [-0.2, -0.15) is 0 Å². The Morgan fingerprint density at radius 3 is 2.36 bits per heavy atom. The monoisotopic (exact) mass is 487 g/mol. The van der Waals surface area contributed by atoms with E-state index in [1.807, 2.05) is 30.3 Å². The molecule has 4 aromatic carbocycles. The van der Waals surface area contributed by atoms with Crippen molar-refractivity contribution < 1.29 is 23.6 Å². The Hall–Kier alpha value is -4.92. The highest BCUT2D eigenvalue weighted by Crippen LogP contribution is 2.34. The van der Waals surface area contributed by atoms with Crippen LogP contribution in [0.4, 0.5) is 26.2 Å². The Labute approximate surface area is 206 Å². The summed E-state index contributed by atoms with van der Waals surface area (Å²) >= 11 is 0. The summed E-state index contributed by atoms with van der Waals surface area (Å²) in [6, 6.07) is 23.9. The molecule has 0 fully saturated rings. The molecule has 0 spiro atoms. The van der Waals surface area contributed by atoms with Gasteiger partial charge in [-0.1, -0.05) is 36.4 Å². The van der Waals surface area contributed by atoms with Gasteiger partial charge in [0.25, 0.3) is 0 Å². The van der Waals surface area contributed by atoms with E-state index in [2.05, 4.69) is 10.6 Å². The molecule has 0 bridgehead atoms. The number of amides is 2. The number of hydrogen-bond acceptors (Lipinski definition) is 5. The average Bonchev–Trinajstić information content (AvgIpc) is 2.87. The number of hydrogen-bond donors (Lipinski definition) is 2. The van der Waals surface area contributed by atoms with E-state index in [1.54, 1.807) is 37.3 Å². The largest absolute Gasteiger partial charge is 0.482 e. The van der Waals surface area contributed by atoms with E-state index in [9.17, 15) is 19.3 Å². The summed E-state index contributed by atoms with van der Waals surface area (Å²) in [6.45, 7) is 1.96. The van der Waals surface area contributed by atoms with Gasteiger partial charge < -0.3 is 20.1 Å². The summed E-state index contributed by atoms with van der Waals surface area (Å²) < 4.78 is 25.4. The van der Waals surface area contributed by atoms with Crippen molar-refractivity contribution in [1.29, 1.82) is 0 Å². The third kappa shape index (κ3) is 6.35. The van der Waals surface area contributed by atoms with E-state index < -0.39 is 16.8 Å². The van der Waals surface area contributed by atoms with Gasteiger partial charge in [0, 0.05) is 17.8 Å². The molecule has 0 aliphatic rings. The molecule has 0 saturated carbocycles. The predicted octanol–water partition coefficient (Wildman–Crippen LogP) is 7.06. The third-order valence-corrected chi connectivity index (χ3v) is 5.08. The maximum atomic E-state index is 13.9. The fraction of sp³-hybridized carbons (Fsp3) is 0.0741. The lowest BCUT2D eigenvalue weighted by molar-refractivity contribution is -0.386. The number of ether oxygens (including phenoxy) is 2. The first kappa shape index (κ1) is 24.2. The Kier molecular flexibility index (Phi) is 7.40. The van der Waals surface area contributed by atoms with E-state index in [1.165, 1.54) is 30.3 Å². The minimum absolute atomic E-state index is 0.0795. The first-order chi connectivity index (χ1) is 17.4. The van der Waals surface area contributed by atoms with Gasteiger partial charge in [-0.15, -0.1) is 0 Å². The van der Waals surface area contributed by atoms with Crippen LogP contribution in [0.1, 0.15) is 11.1 Å². The number of urea groups is 1. The zero-order valence-electron chi connectivity index (χ0n) is 19.2. The van der Waals surface area contributed by atoms with Crippen molar-refractivity contribution in [2.24, 2.45) is 0 Å². The van der Waals surface area contributed by atoms with Gasteiger partial charge in [-0.05, 0) is 60.5 Å². The summed E-state index contributed by atoms with van der Waals surface area (Å²) in [4.78, 5) is 23.1. The van der Waals surface area contributed by atoms with Crippen molar-refractivity contribution >= 4 is 23.1 Å². The van der Waals surface area contributed by atoms with E-state index in [0.29, 0.717) is 17.2 Å². The van der Waals surface area contributed by atoms with Crippen molar-refractivity contribution in [3.63, 3.8) is 0 Å². The summed E-state index contributed by atoms with van der Waals surface area (Å²) in [5.74, 6) is 0.333. The Balaban J connectivity index is 1.40. The molecular formula is C27H22FN3O5. The molecule has 0 unspecified atom stereocenters. The van der Waals surface area contributed by atoms with Crippen molar-refractivity contribution in [2.45, 2.75) is 13.5 Å². The number of rotatable bonds is 8. The fourth-order valence-corrected chi connectivity index (χ4v) is 3.32. The Bertz CT molecular complexity index is 1380. The summed E-state index contributed by atoms with van der Waals surface area (Å²) in [6.07, 6.45) is 0. The molecule has 0 aliphatic carbocycles. The van der Waals surface area contributed by atoms with E-state index in [0.717, 1.165) is 11.1 Å². The van der Waals surface area contributed by atoms with Crippen LogP contribution in [-0.4, -0.2) is 11.0 Å². The Morgan fingerprint density at radius 1 is 0.917 bits per heavy atom. The maximum Gasteiger partial charge on any atom is 0.323 e. The molecule has 36 heavy (non-hydrogen) atoms. The number of carbonyl (C=O) groups is 1. The highest BCUT2D eigenvalue weighted by Gasteiger charge is 2.17. The normalized spacial score (nSPS) is 10.4. The van der Waals surface area contributed by atoms with Gasteiger partial charge in [-0.25, -0.2) is 9.18 Å². The smallest absolute Gasteiger partial charge is 0.323 e. The molecule has 0 saturated heterocycles. The molecule has 8 nitrogen and oxygen atoms in total. The number of carbonyl (C=O) groups excluding carboxylic acids is 1. The van der Waals surface area contributed by atoms with Crippen LogP contribution in [0.3, 0.4) is 0 Å². The zero-order chi connectivity index (χ0) is 25.5. The lowest BCUT2D eigenvalue weighted by atomic mass is 10.2. The van der Waals surface area contributed by atoms with E-state index in [4.69, 9.17) is 9.47 Å². The molecule has 9 heteroatoms. The van der Waals surface area contributed by atoms with Crippen molar-refractivity contribution in [1.82, 2.24) is 0 Å². The highest BCUT2D eigenvalue weighted by atomic mass is 19.1. The van der Waals surface area contributed by atoms with Gasteiger partial charge >= 0.3 is 11.7 Å². The molecule has 2 amide bonds. The molecule has 4 aromatic rings. The highest BCUT2D eigenvalue weighted by molar-refractivity contribution is 5.99. The van der Waals surface area contributed by atoms with Crippen LogP contribution in [0.25, 0.3) is 0 Å². The van der Waals surface area contributed by atoms with Gasteiger partial charge in [0.15, 0.2) is 0 Å². The molecule has 4 rings (SSSR count). The SMILES string of the molecule is Cc1ccc(F)c(NC(=O)Nc2ccc(Oc3ccc([N+](=O)[O-])c(OCc4ccccc4)c3)cc2)c1. The second-order valence-corrected chi connectivity index (χ2v) is 7.85. The second-order valence-electron chi connectivity index (χ2n) is 7.85. The summed E-state index contributed by atoms with van der Waals surface area (Å²) in [7, 11) is 0. The number of nitrogens with one attached hydrogen (secondary N) is 2. The van der Waals surface area contributed by atoms with Crippen LogP contribution in [0, 0.1) is 22.9 Å². The van der Waals surface area contributed by atoms with Crippen molar-refractivity contribution in [2.75, 3.05) is 10.6 Å². The van der Waals surface area contributed by atoms with Crippen LogP contribution >= 0.6 is 0 Å². The van der Waals surface area contributed by atoms with Crippen LogP contribution in [-0.2, 0) is 6.61 Å². The van der Waals surface area contributed by atoms with Gasteiger partial charge in [-0.3, -0.25) is 10.1 Å². The second kappa shape index (κ2) is 11.0. The fourth-order valence-electron chi connectivity index (χ4n) is 3.32. The minimum Gasteiger partial charge on any atom is -0.482 e. The summed E-state index contributed by atoms with van der Waals surface area (Å²) in [5, 5.41) is 16.5. The first-order valence-corrected chi connectivity index (χ1v) is 10.9. The number of halogens is 1. The number of nitro benzene ring substituents is 1. The van der Waals surface area contributed by atoms with Crippen LogP contribution in [0.15, 0.2) is 91.0 Å². The van der Waals surface area contributed by atoms with Crippen molar-refractivity contribution in [3.8, 4) is 17.2 Å². The van der Waals surface area contributed by atoms with E-state index >= 15 is 0 Å². The topological polar surface area (TPSA) is 103 Å². The number of aryl methyl sites for hydroxylation is 1. The van der Waals surface area contributed by atoms with E-state index in [-0.39, 0.29) is 23.7 Å².